The van der Waals surface area contributed by atoms with Gasteiger partial charge in [0.25, 0.3) is 0 Å². The first-order valence-corrected chi connectivity index (χ1v) is 17.1. The summed E-state index contributed by atoms with van der Waals surface area (Å²) < 4.78 is 7.67. The molecule has 5 heterocycles. The topological polar surface area (TPSA) is 135 Å². The van der Waals surface area contributed by atoms with Gasteiger partial charge in [0.2, 0.25) is 11.8 Å². The number of aromatic nitrogens is 4. The summed E-state index contributed by atoms with van der Waals surface area (Å²) in [7, 11) is 1.64. The minimum Gasteiger partial charge on any atom is -0.496 e. The van der Waals surface area contributed by atoms with Gasteiger partial charge in [-0.05, 0) is 25.0 Å². The number of imidazole rings is 1. The zero-order valence-electron chi connectivity index (χ0n) is 26.9. The predicted molar refractivity (Wildman–Crippen MR) is 189 cm³/mol. The van der Waals surface area contributed by atoms with Gasteiger partial charge in [0.05, 0.1) is 40.4 Å². The fraction of sp³-hybridized carbons (Fsp3) is 0.306. The number of methoxy groups -OCH3 is 1. The third-order valence-corrected chi connectivity index (χ3v) is 9.77. The molecule has 13 heteroatoms. The SMILES string of the molecule is COc1cc(-c2nccc(-c3cccc(-c4cn5cc(CNC[C@H]6CCC(=O)N6)nc5cn4)c3Cl)c2Cl)ccc1CNC[C@H]1CCC(=O)N1. The first-order valence-electron chi connectivity index (χ1n) is 16.3. The molecule has 49 heavy (non-hydrogen) atoms. The fourth-order valence-electron chi connectivity index (χ4n) is 6.42. The average Bonchev–Trinajstić information content (AvgIpc) is 3.84. The summed E-state index contributed by atoms with van der Waals surface area (Å²) in [5.74, 6) is 0.927. The molecule has 0 spiro atoms. The van der Waals surface area contributed by atoms with Crippen molar-refractivity contribution in [1.82, 2.24) is 40.6 Å². The van der Waals surface area contributed by atoms with Crippen LogP contribution in [0.15, 0.2) is 67.3 Å². The van der Waals surface area contributed by atoms with E-state index in [2.05, 4.69) is 36.2 Å². The van der Waals surface area contributed by atoms with E-state index in [1.165, 1.54) is 0 Å². The summed E-state index contributed by atoms with van der Waals surface area (Å²) in [5.41, 5.74) is 6.98. The molecule has 0 aliphatic carbocycles. The minimum atomic E-state index is 0.105. The molecule has 2 atom stereocenters. The maximum atomic E-state index is 11.5. The van der Waals surface area contributed by atoms with Crippen molar-refractivity contribution in [2.45, 2.75) is 50.9 Å². The van der Waals surface area contributed by atoms with E-state index in [0.717, 1.165) is 52.0 Å². The number of ether oxygens (including phenoxy) is 1. The van der Waals surface area contributed by atoms with Crippen molar-refractivity contribution in [1.29, 1.82) is 0 Å². The van der Waals surface area contributed by atoms with Crippen molar-refractivity contribution in [3.05, 3.63) is 88.6 Å². The number of pyridine rings is 1. The second-order valence-electron chi connectivity index (χ2n) is 12.4. The monoisotopic (exact) mass is 698 g/mol. The third-order valence-electron chi connectivity index (χ3n) is 8.98. The molecule has 4 N–H and O–H groups in total. The largest absolute Gasteiger partial charge is 0.496 e. The Bertz CT molecular complexity index is 2030. The van der Waals surface area contributed by atoms with Gasteiger partial charge in [-0.2, -0.15) is 0 Å². The summed E-state index contributed by atoms with van der Waals surface area (Å²) in [6.45, 7) is 2.57. The lowest BCUT2D eigenvalue weighted by Gasteiger charge is -2.16. The van der Waals surface area contributed by atoms with Crippen LogP contribution in [0.5, 0.6) is 5.75 Å². The normalized spacial score (nSPS) is 17.4. The Morgan fingerprint density at radius 2 is 1.59 bits per heavy atom. The number of hydrogen-bond acceptors (Lipinski definition) is 8. The summed E-state index contributed by atoms with van der Waals surface area (Å²) in [4.78, 5) is 37.0. The van der Waals surface area contributed by atoms with Gasteiger partial charge in [-0.3, -0.25) is 19.6 Å². The second kappa shape index (κ2) is 14.5. The molecule has 11 nitrogen and oxygen atoms in total. The lowest BCUT2D eigenvalue weighted by molar-refractivity contribution is -0.120. The Morgan fingerprint density at radius 3 is 2.31 bits per heavy atom. The van der Waals surface area contributed by atoms with Gasteiger partial charge in [0, 0.05) is 97.5 Å². The Balaban J connectivity index is 1.09. The van der Waals surface area contributed by atoms with E-state index in [4.69, 9.17) is 27.9 Å². The van der Waals surface area contributed by atoms with Crippen molar-refractivity contribution in [3.63, 3.8) is 0 Å². The van der Waals surface area contributed by atoms with E-state index in [9.17, 15) is 9.59 Å². The zero-order valence-corrected chi connectivity index (χ0v) is 28.4. The Morgan fingerprint density at radius 1 is 0.878 bits per heavy atom. The van der Waals surface area contributed by atoms with Crippen LogP contribution in [0.25, 0.3) is 39.3 Å². The Kier molecular flexibility index (Phi) is 9.77. The van der Waals surface area contributed by atoms with Crippen LogP contribution in [0.4, 0.5) is 0 Å². The second-order valence-corrected chi connectivity index (χ2v) is 13.1. The quantitative estimate of drug-likeness (QED) is 0.140. The van der Waals surface area contributed by atoms with Crippen molar-refractivity contribution in [2.24, 2.45) is 0 Å². The number of fused-ring (bicyclic) bond motifs is 1. The van der Waals surface area contributed by atoms with Crippen LogP contribution in [0.1, 0.15) is 36.9 Å². The van der Waals surface area contributed by atoms with Crippen LogP contribution in [-0.4, -0.2) is 63.4 Å². The third kappa shape index (κ3) is 7.25. The van der Waals surface area contributed by atoms with Crippen molar-refractivity contribution < 1.29 is 14.3 Å². The highest BCUT2D eigenvalue weighted by atomic mass is 35.5. The van der Waals surface area contributed by atoms with Crippen molar-refractivity contribution in [3.8, 4) is 39.4 Å². The van der Waals surface area contributed by atoms with Crippen LogP contribution in [0.2, 0.25) is 10.0 Å². The molecule has 2 aliphatic heterocycles. The van der Waals surface area contributed by atoms with Gasteiger partial charge in [-0.1, -0.05) is 53.5 Å². The number of halogens is 2. The van der Waals surface area contributed by atoms with Gasteiger partial charge < -0.3 is 30.4 Å². The van der Waals surface area contributed by atoms with E-state index >= 15 is 0 Å². The molecule has 7 rings (SSSR count). The lowest BCUT2D eigenvalue weighted by atomic mass is 9.99. The van der Waals surface area contributed by atoms with Gasteiger partial charge >= 0.3 is 0 Å². The van der Waals surface area contributed by atoms with E-state index in [1.54, 1.807) is 19.5 Å². The molecule has 2 amide bonds. The highest BCUT2D eigenvalue weighted by molar-refractivity contribution is 6.39. The molecule has 0 bridgehead atoms. The molecule has 0 radical (unpaired) electrons. The highest BCUT2D eigenvalue weighted by Gasteiger charge is 2.22. The number of nitrogens with zero attached hydrogens (tertiary/aromatic N) is 4. The fourth-order valence-corrected chi connectivity index (χ4v) is 7.07. The predicted octanol–water partition coefficient (Wildman–Crippen LogP) is 5.18. The molecule has 2 aliphatic rings. The molecule has 0 unspecified atom stereocenters. The maximum absolute atomic E-state index is 11.5. The van der Waals surface area contributed by atoms with Gasteiger partial charge in [-0.15, -0.1) is 0 Å². The van der Waals surface area contributed by atoms with Crippen LogP contribution < -0.4 is 26.0 Å². The van der Waals surface area contributed by atoms with Crippen LogP contribution in [0, 0.1) is 0 Å². The van der Waals surface area contributed by atoms with Gasteiger partial charge in [0.15, 0.2) is 5.65 Å². The number of rotatable bonds is 12. The van der Waals surface area contributed by atoms with E-state index < -0.39 is 0 Å². The lowest BCUT2D eigenvalue weighted by Crippen LogP contribution is -2.35. The van der Waals surface area contributed by atoms with Gasteiger partial charge in [-0.25, -0.2) is 4.98 Å². The number of carbonyl (C=O) groups is 2. The molecule has 252 valence electrons. The molecule has 2 fully saturated rings. The molecule has 5 aromatic rings. The first-order chi connectivity index (χ1) is 23.9. The summed E-state index contributed by atoms with van der Waals surface area (Å²) >= 11 is 14.1. The number of amides is 2. The van der Waals surface area contributed by atoms with Crippen molar-refractivity contribution >= 4 is 40.7 Å². The molecule has 0 saturated carbocycles. The first kappa shape index (κ1) is 33.0. The van der Waals surface area contributed by atoms with Gasteiger partial charge in [0.1, 0.15) is 5.75 Å². The van der Waals surface area contributed by atoms with Crippen molar-refractivity contribution in [2.75, 3.05) is 20.2 Å². The summed E-state index contributed by atoms with van der Waals surface area (Å²) in [6, 6.07) is 13.9. The standard InChI is InChI=1S/C36H36Cl2N8O3/c1-49-30-13-21(5-6-22(30)14-39-15-23-7-9-32(47)44-23)36-35(38)27(11-12-41-36)26-3-2-4-28(34(26)37)29-20-46-19-25(43-31(46)18-42-29)17-40-16-24-8-10-33(48)45-24/h2-6,11-13,18-20,23-24,39-40H,7-10,14-17H2,1H3,(H,44,47)(H,45,48)/t23-,24-/m1/s1. The minimum absolute atomic E-state index is 0.105. The Labute approximate surface area is 293 Å². The zero-order chi connectivity index (χ0) is 33.9. The van der Waals surface area contributed by atoms with E-state index in [1.807, 2.05) is 59.3 Å². The number of carbonyl (C=O) groups excluding carboxylic acids is 2. The van der Waals surface area contributed by atoms with Crippen LogP contribution in [-0.2, 0) is 22.7 Å². The molecule has 2 aromatic carbocycles. The summed E-state index contributed by atoms with van der Waals surface area (Å²) in [5, 5.41) is 13.7. The highest BCUT2D eigenvalue weighted by Crippen LogP contribution is 2.42. The molecule has 2 saturated heterocycles. The smallest absolute Gasteiger partial charge is 0.220 e. The maximum Gasteiger partial charge on any atom is 0.220 e. The molecular formula is C36H36Cl2N8O3. The Hall–Kier alpha value is -4.55. The number of hydrogen-bond donors (Lipinski definition) is 4. The van der Waals surface area contributed by atoms with E-state index in [0.29, 0.717) is 66.2 Å². The number of nitrogens with one attached hydrogen (secondary N) is 4. The summed E-state index contributed by atoms with van der Waals surface area (Å²) in [6.07, 6.45) is 10.2. The number of benzene rings is 2. The van der Waals surface area contributed by atoms with Crippen LogP contribution in [0.3, 0.4) is 0 Å². The van der Waals surface area contributed by atoms with Crippen LogP contribution >= 0.6 is 23.2 Å². The average molecular weight is 700 g/mol. The van der Waals surface area contributed by atoms with E-state index in [-0.39, 0.29) is 23.9 Å². The molecule has 3 aromatic heterocycles. The molecular weight excluding hydrogens is 663 g/mol.